The van der Waals surface area contributed by atoms with Crippen molar-refractivity contribution in [2.24, 2.45) is 5.92 Å². The van der Waals surface area contributed by atoms with Crippen molar-refractivity contribution in [2.75, 3.05) is 19.8 Å². The quantitative estimate of drug-likeness (QED) is 0.0743. The molecule has 3 aromatic heterocycles. The first-order valence-electron chi connectivity index (χ1n) is 16.7. The number of nitrogens with zero attached hydrogens (tertiary/aromatic N) is 4. The van der Waals surface area contributed by atoms with Crippen LogP contribution in [0.15, 0.2) is 25.4 Å². The number of esters is 3. The van der Waals surface area contributed by atoms with E-state index in [0.29, 0.717) is 0 Å². The van der Waals surface area contributed by atoms with E-state index in [9.17, 15) is 28.8 Å². The van der Waals surface area contributed by atoms with Crippen molar-refractivity contribution >= 4 is 140 Å². The van der Waals surface area contributed by atoms with Crippen LogP contribution in [-0.4, -0.2) is 92.5 Å². The van der Waals surface area contributed by atoms with E-state index in [2.05, 4.69) is 36.3 Å². The minimum atomic E-state index is -2.10. The van der Waals surface area contributed by atoms with E-state index in [4.69, 9.17) is 132 Å². The van der Waals surface area contributed by atoms with Crippen LogP contribution in [0.5, 0.6) is 0 Å². The van der Waals surface area contributed by atoms with Crippen LogP contribution in [0.3, 0.4) is 0 Å². The highest BCUT2D eigenvalue weighted by atomic mass is 35.6. The molecule has 332 valence electrons. The lowest BCUT2D eigenvalue weighted by molar-refractivity contribution is -0.161. The molecule has 3 aromatic rings. The predicted octanol–water partition coefficient (Wildman–Crippen LogP) is 6.48. The van der Waals surface area contributed by atoms with Crippen LogP contribution < -0.4 is 16.0 Å². The molecule has 19 nitrogen and oxygen atoms in total. The number of halogens is 9. The van der Waals surface area contributed by atoms with Crippen molar-refractivity contribution in [3.63, 3.8) is 0 Å². The molecule has 0 saturated heterocycles. The van der Waals surface area contributed by atoms with Gasteiger partial charge in [0.05, 0.1) is 35.4 Å². The Kier molecular flexibility index (Phi) is 17.1. The van der Waals surface area contributed by atoms with Crippen molar-refractivity contribution < 1.29 is 56.2 Å². The summed E-state index contributed by atoms with van der Waals surface area (Å²) < 4.78 is 25.4. The highest BCUT2D eigenvalue weighted by Crippen LogP contribution is 2.39. The molecule has 3 rings (SSSR count). The molecule has 0 fully saturated rings. The third-order valence-electron chi connectivity index (χ3n) is 7.11. The molecule has 3 heterocycles. The monoisotopic (exact) mass is 1020 g/mol. The Labute approximate surface area is 385 Å². The Bertz CT molecular complexity index is 1950. The summed E-state index contributed by atoms with van der Waals surface area (Å²) in [5.74, 6) is -9.52. The van der Waals surface area contributed by atoms with Gasteiger partial charge in [-0.1, -0.05) is 104 Å². The maximum atomic E-state index is 13.4. The molecular weight excluding hydrogens is 993 g/mol. The fraction of sp³-hybridized carbons (Fsp3) is 0.562. The summed E-state index contributed by atoms with van der Waals surface area (Å²) in [6.07, 6.45) is -1.45. The smallest absolute Gasteiger partial charge is 0.310 e. The SMILES string of the molecule is CC(C)(COC(=O)CC(CC(=O)OCC(C)(C)NC(=O)c1nnc(C(Cl)(Cl)Cl)o1)C(=O)OCC(C)(C)NC(=O)c1nnc(C(Cl)(Cl)Cl)o1)NC(=O)c1ccc(C(Cl)(Cl)Cl)o1. The second kappa shape index (κ2) is 20.0. The van der Waals surface area contributed by atoms with Crippen LogP contribution in [0.2, 0.25) is 0 Å². The lowest BCUT2D eigenvalue weighted by Crippen LogP contribution is -2.48. The number of nitrogens with one attached hydrogen (secondary N) is 3. The van der Waals surface area contributed by atoms with E-state index in [1.165, 1.54) is 53.7 Å². The van der Waals surface area contributed by atoms with Gasteiger partial charge in [0.1, 0.15) is 19.8 Å². The van der Waals surface area contributed by atoms with Crippen LogP contribution in [0.4, 0.5) is 0 Å². The topological polar surface area (TPSA) is 257 Å². The fourth-order valence-electron chi connectivity index (χ4n) is 4.32. The van der Waals surface area contributed by atoms with E-state index in [1.807, 2.05) is 0 Å². The first kappa shape index (κ1) is 51.3. The average Bonchev–Trinajstić information content (AvgIpc) is 3.89. The van der Waals surface area contributed by atoms with Crippen LogP contribution >= 0.6 is 104 Å². The molecule has 0 saturated carbocycles. The zero-order chi connectivity index (χ0) is 45.6. The van der Waals surface area contributed by atoms with Gasteiger partial charge >= 0.3 is 41.5 Å². The van der Waals surface area contributed by atoms with Crippen molar-refractivity contribution in [1.29, 1.82) is 0 Å². The summed E-state index contributed by atoms with van der Waals surface area (Å²) in [6, 6.07) is 2.57. The summed E-state index contributed by atoms with van der Waals surface area (Å²) >= 11 is 51.6. The number of aromatic nitrogens is 4. The van der Waals surface area contributed by atoms with Gasteiger partial charge in [-0.25, -0.2) is 0 Å². The molecule has 0 spiro atoms. The molecule has 60 heavy (non-hydrogen) atoms. The van der Waals surface area contributed by atoms with E-state index in [-0.39, 0.29) is 11.5 Å². The number of carbonyl (C=O) groups excluding carboxylic acids is 6. The molecule has 1 unspecified atom stereocenters. The summed E-state index contributed by atoms with van der Waals surface area (Å²) in [5.41, 5.74) is -3.80. The lowest BCUT2D eigenvalue weighted by Gasteiger charge is -2.27. The number of hydrogen-bond acceptors (Lipinski definition) is 16. The molecule has 1 atom stereocenters. The Morgan fingerprint density at radius 3 is 1.28 bits per heavy atom. The third kappa shape index (κ3) is 16.4. The van der Waals surface area contributed by atoms with E-state index in [1.54, 1.807) is 0 Å². The molecule has 0 bridgehead atoms. The van der Waals surface area contributed by atoms with Gasteiger partial charge in [0.25, 0.3) is 25.3 Å². The van der Waals surface area contributed by atoms with Gasteiger partial charge in [-0.05, 0) is 53.7 Å². The summed E-state index contributed by atoms with van der Waals surface area (Å²) in [7, 11) is 0. The zero-order valence-corrected chi connectivity index (χ0v) is 38.7. The van der Waals surface area contributed by atoms with Gasteiger partial charge in [-0.2, -0.15) is 0 Å². The number of hydrogen-bond donors (Lipinski definition) is 3. The predicted molar refractivity (Wildman–Crippen MR) is 215 cm³/mol. The number of ether oxygens (including phenoxy) is 3. The number of amides is 3. The standard InChI is InChI=1S/C32H34Cl9N7O12/c1-27(2,42-19(51)15-7-8-16(58-15)30(33,34)35)11-55-17(49)9-14(24(54)57-13-29(5,6)44-21(53)23-46-48-26(60-23)32(39,40)41)10-18(50)56-12-28(3,4)43-20(52)22-45-47-25(59-22)31(36,37)38/h7-8,14H,9-13H2,1-6H3,(H,42,51)(H,43,52)(H,44,53). The minimum Gasteiger partial charge on any atom is -0.463 e. The van der Waals surface area contributed by atoms with Crippen LogP contribution in [0.25, 0.3) is 0 Å². The largest absolute Gasteiger partial charge is 0.463 e. The number of furan rings is 1. The van der Waals surface area contributed by atoms with Gasteiger partial charge in [0, 0.05) is 0 Å². The van der Waals surface area contributed by atoms with Crippen LogP contribution in [0, 0.1) is 5.92 Å². The molecule has 3 amide bonds. The number of carbonyl (C=O) groups is 6. The molecule has 0 aliphatic heterocycles. The van der Waals surface area contributed by atoms with Crippen LogP contribution in [-0.2, 0) is 40.0 Å². The average molecular weight is 1030 g/mol. The Hall–Kier alpha value is -3.01. The molecule has 0 radical (unpaired) electrons. The second-order valence-corrected chi connectivity index (χ2v) is 21.4. The molecule has 0 aliphatic rings. The van der Waals surface area contributed by atoms with Crippen molar-refractivity contribution in [1.82, 2.24) is 36.3 Å². The molecule has 3 N–H and O–H groups in total. The van der Waals surface area contributed by atoms with Gasteiger partial charge in [-0.15, -0.1) is 20.4 Å². The molecule has 0 aliphatic carbocycles. The molecular formula is C32H34Cl9N7O12. The summed E-state index contributed by atoms with van der Waals surface area (Å²) in [5, 5.41) is 21.6. The number of rotatable bonds is 17. The first-order chi connectivity index (χ1) is 27.3. The maximum Gasteiger partial charge on any atom is 0.310 e. The van der Waals surface area contributed by atoms with Crippen LogP contribution in [0.1, 0.15) is 104 Å². The highest BCUT2D eigenvalue weighted by Gasteiger charge is 2.37. The van der Waals surface area contributed by atoms with Gasteiger partial charge in [0.2, 0.25) is 3.79 Å². The highest BCUT2D eigenvalue weighted by molar-refractivity contribution is 6.67. The summed E-state index contributed by atoms with van der Waals surface area (Å²) in [4.78, 5) is 77.9. The van der Waals surface area contributed by atoms with E-state index >= 15 is 0 Å². The Morgan fingerprint density at radius 1 is 0.550 bits per heavy atom. The van der Waals surface area contributed by atoms with E-state index < -0.39 is 126 Å². The minimum absolute atomic E-state index is 0.111. The van der Waals surface area contributed by atoms with E-state index in [0.717, 1.165) is 0 Å². The fourth-order valence-corrected chi connectivity index (χ4v) is 5.08. The normalized spacial score (nSPS) is 13.2. The van der Waals surface area contributed by atoms with Crippen molar-refractivity contribution in [3.05, 3.63) is 47.2 Å². The third-order valence-corrected chi connectivity index (χ3v) is 8.64. The Morgan fingerprint density at radius 2 is 0.933 bits per heavy atom. The van der Waals surface area contributed by atoms with Gasteiger partial charge in [-0.3, -0.25) is 28.8 Å². The molecule has 28 heteroatoms. The van der Waals surface area contributed by atoms with Gasteiger partial charge in [0.15, 0.2) is 11.5 Å². The Balaban J connectivity index is 1.68. The molecule has 0 aromatic carbocycles. The first-order valence-corrected chi connectivity index (χ1v) is 20.1. The van der Waals surface area contributed by atoms with Crippen molar-refractivity contribution in [2.45, 2.75) is 82.4 Å². The van der Waals surface area contributed by atoms with Gasteiger partial charge < -0.3 is 43.4 Å². The number of alkyl halides is 9. The zero-order valence-electron chi connectivity index (χ0n) is 31.9. The summed E-state index contributed by atoms with van der Waals surface area (Å²) in [6.45, 7) is 7.51. The second-order valence-electron chi connectivity index (χ2n) is 14.5. The van der Waals surface area contributed by atoms with Crippen molar-refractivity contribution in [3.8, 4) is 0 Å². The lowest BCUT2D eigenvalue weighted by atomic mass is 10.0. The maximum absolute atomic E-state index is 13.4.